The Hall–Kier alpha value is -0.920. The molecular formula is C14H21NO4S2. The van der Waals surface area contributed by atoms with Crippen molar-refractivity contribution in [2.45, 2.75) is 43.5 Å². The van der Waals surface area contributed by atoms with Gasteiger partial charge in [-0.3, -0.25) is 0 Å². The van der Waals surface area contributed by atoms with Crippen LogP contribution in [0.25, 0.3) is 0 Å². The number of rotatable bonds is 5. The summed E-state index contributed by atoms with van der Waals surface area (Å²) in [5.74, 6) is -0.116. The second kappa shape index (κ2) is 5.70. The lowest BCUT2D eigenvalue weighted by Crippen LogP contribution is -2.46. The van der Waals surface area contributed by atoms with Crippen molar-refractivity contribution in [3.8, 4) is 0 Å². The van der Waals surface area contributed by atoms with Gasteiger partial charge in [0, 0.05) is 5.54 Å². The largest absolute Gasteiger partial charge is 0.241 e. The fourth-order valence-electron chi connectivity index (χ4n) is 2.60. The number of sulfone groups is 1. The smallest absolute Gasteiger partial charge is 0.229 e. The molecule has 1 heterocycles. The van der Waals surface area contributed by atoms with Crippen molar-refractivity contribution < 1.29 is 16.8 Å². The van der Waals surface area contributed by atoms with E-state index in [1.807, 2.05) is 0 Å². The molecule has 7 heteroatoms. The third-order valence-corrected chi connectivity index (χ3v) is 7.21. The minimum atomic E-state index is -3.70. The quantitative estimate of drug-likeness (QED) is 0.886. The lowest BCUT2D eigenvalue weighted by molar-refractivity contribution is 0.462. The average Bonchev–Trinajstić information content (AvgIpc) is 2.63. The molecule has 118 valence electrons. The molecule has 1 aromatic rings. The van der Waals surface area contributed by atoms with Crippen LogP contribution in [0.15, 0.2) is 29.2 Å². The Kier molecular flexibility index (Phi) is 4.46. The van der Waals surface area contributed by atoms with Crippen molar-refractivity contribution in [1.82, 2.24) is 4.72 Å². The van der Waals surface area contributed by atoms with Crippen LogP contribution < -0.4 is 4.72 Å². The van der Waals surface area contributed by atoms with Gasteiger partial charge in [-0.15, -0.1) is 0 Å². The van der Waals surface area contributed by atoms with Crippen LogP contribution in [0.2, 0.25) is 0 Å². The summed E-state index contributed by atoms with van der Waals surface area (Å²) in [4.78, 5) is 0.174. The first-order valence-corrected chi connectivity index (χ1v) is 10.3. The zero-order chi connectivity index (χ0) is 15.7. The van der Waals surface area contributed by atoms with E-state index in [0.29, 0.717) is 6.42 Å². The van der Waals surface area contributed by atoms with E-state index in [-0.39, 0.29) is 16.4 Å². The maximum atomic E-state index is 12.4. The van der Waals surface area contributed by atoms with E-state index < -0.39 is 25.4 Å². The molecule has 1 saturated heterocycles. The van der Waals surface area contributed by atoms with Gasteiger partial charge in [0.2, 0.25) is 10.0 Å². The molecule has 1 aliphatic heterocycles. The summed E-state index contributed by atoms with van der Waals surface area (Å²) in [6.45, 7) is 3.70. The fraction of sp³-hybridized carbons (Fsp3) is 0.571. The highest BCUT2D eigenvalue weighted by Gasteiger charge is 2.41. The summed E-state index contributed by atoms with van der Waals surface area (Å²) < 4.78 is 50.4. The summed E-state index contributed by atoms with van der Waals surface area (Å²) in [6, 6.07) is 6.73. The maximum Gasteiger partial charge on any atom is 0.241 e. The lowest BCUT2D eigenvalue weighted by atomic mass is 10.0. The third kappa shape index (κ3) is 4.05. The summed E-state index contributed by atoms with van der Waals surface area (Å²) in [5, 5.41) is 0. The van der Waals surface area contributed by atoms with Crippen molar-refractivity contribution in [2.24, 2.45) is 0 Å². The maximum absolute atomic E-state index is 12.4. The van der Waals surface area contributed by atoms with Crippen molar-refractivity contribution in [3.05, 3.63) is 29.8 Å². The zero-order valence-electron chi connectivity index (χ0n) is 12.3. The van der Waals surface area contributed by atoms with Crippen LogP contribution in [0.1, 0.15) is 32.3 Å². The van der Waals surface area contributed by atoms with Gasteiger partial charge in [0.25, 0.3) is 0 Å². The molecule has 0 bridgehead atoms. The highest BCUT2D eigenvalue weighted by Crippen LogP contribution is 2.25. The monoisotopic (exact) mass is 331 g/mol. The Balaban J connectivity index is 2.19. The molecular weight excluding hydrogens is 310 g/mol. The van der Waals surface area contributed by atoms with E-state index in [0.717, 1.165) is 18.4 Å². The second-order valence-corrected chi connectivity index (χ2v) is 9.77. The van der Waals surface area contributed by atoms with Crippen LogP contribution in [0, 0.1) is 0 Å². The minimum Gasteiger partial charge on any atom is -0.229 e. The number of aryl methyl sites for hydroxylation is 1. The molecule has 1 unspecified atom stereocenters. The molecule has 0 aliphatic carbocycles. The van der Waals surface area contributed by atoms with Crippen LogP contribution in [0.5, 0.6) is 0 Å². The lowest BCUT2D eigenvalue weighted by Gasteiger charge is -2.23. The second-order valence-electron chi connectivity index (χ2n) is 5.90. The molecule has 1 N–H and O–H groups in total. The van der Waals surface area contributed by atoms with E-state index >= 15 is 0 Å². The number of sulfonamides is 1. The molecule has 0 spiro atoms. The number of hydrogen-bond acceptors (Lipinski definition) is 4. The molecule has 5 nitrogen and oxygen atoms in total. The van der Waals surface area contributed by atoms with Crippen LogP contribution in [-0.2, 0) is 26.3 Å². The van der Waals surface area contributed by atoms with Gasteiger partial charge in [-0.2, -0.15) is 0 Å². The van der Waals surface area contributed by atoms with Crippen molar-refractivity contribution in [2.75, 3.05) is 11.5 Å². The summed E-state index contributed by atoms with van der Waals surface area (Å²) >= 11 is 0. The molecule has 1 aromatic carbocycles. The summed E-state index contributed by atoms with van der Waals surface area (Å²) in [7, 11) is -6.85. The van der Waals surface area contributed by atoms with E-state index in [1.54, 1.807) is 31.2 Å². The first-order valence-electron chi connectivity index (χ1n) is 6.99. The number of benzene rings is 1. The van der Waals surface area contributed by atoms with Crippen molar-refractivity contribution in [1.29, 1.82) is 0 Å². The van der Waals surface area contributed by atoms with Crippen LogP contribution in [-0.4, -0.2) is 33.9 Å². The van der Waals surface area contributed by atoms with E-state index in [9.17, 15) is 16.8 Å². The summed E-state index contributed by atoms with van der Waals surface area (Å²) in [5.41, 5.74) is 0.172. The van der Waals surface area contributed by atoms with E-state index in [2.05, 4.69) is 11.6 Å². The molecule has 2 rings (SSSR count). The Bertz CT molecular complexity index is 708. The molecule has 0 radical (unpaired) electrons. The van der Waals surface area contributed by atoms with Crippen molar-refractivity contribution in [3.63, 3.8) is 0 Å². The zero-order valence-corrected chi connectivity index (χ0v) is 13.9. The van der Waals surface area contributed by atoms with Gasteiger partial charge in [0.05, 0.1) is 16.4 Å². The first kappa shape index (κ1) is 16.5. The SMILES string of the molecule is CCCc1ccc(S(=O)(=O)NC2(C)CCS(=O)(=O)C2)cc1. The molecule has 1 fully saturated rings. The molecule has 21 heavy (non-hydrogen) atoms. The van der Waals surface area contributed by atoms with Gasteiger partial charge in [-0.25, -0.2) is 21.6 Å². The van der Waals surface area contributed by atoms with Gasteiger partial charge in [0.1, 0.15) is 0 Å². The Labute approximate surface area is 126 Å². The standard InChI is InChI=1S/C14H21NO4S2/c1-3-4-12-5-7-13(8-6-12)21(18,19)15-14(2)9-10-20(16,17)11-14/h5-8,15H,3-4,9-11H2,1-2H3. The summed E-state index contributed by atoms with van der Waals surface area (Å²) in [6.07, 6.45) is 2.21. The highest BCUT2D eigenvalue weighted by molar-refractivity contribution is 7.92. The van der Waals surface area contributed by atoms with Crippen molar-refractivity contribution >= 4 is 19.9 Å². The molecule has 0 saturated carbocycles. The Morgan fingerprint density at radius 2 is 1.86 bits per heavy atom. The van der Waals surface area contributed by atoms with Crippen LogP contribution in [0.4, 0.5) is 0 Å². The minimum absolute atomic E-state index is 0.0292. The predicted octanol–water partition coefficient (Wildman–Crippen LogP) is 1.49. The van der Waals surface area contributed by atoms with Crippen LogP contribution in [0.3, 0.4) is 0 Å². The van der Waals surface area contributed by atoms with Gasteiger partial charge >= 0.3 is 0 Å². The molecule has 0 aromatic heterocycles. The molecule has 1 aliphatic rings. The normalized spacial score (nSPS) is 25.0. The topological polar surface area (TPSA) is 80.3 Å². The average molecular weight is 331 g/mol. The third-order valence-electron chi connectivity index (χ3n) is 3.66. The van der Waals surface area contributed by atoms with Gasteiger partial charge < -0.3 is 0 Å². The first-order chi connectivity index (χ1) is 9.66. The molecule has 0 amide bonds. The van der Waals surface area contributed by atoms with Gasteiger partial charge in [-0.05, 0) is 37.5 Å². The molecule has 1 atom stereocenters. The van der Waals surface area contributed by atoms with Crippen LogP contribution >= 0.6 is 0 Å². The predicted molar refractivity (Wildman–Crippen MR) is 82.4 cm³/mol. The Morgan fingerprint density at radius 1 is 1.24 bits per heavy atom. The van der Waals surface area contributed by atoms with E-state index in [4.69, 9.17) is 0 Å². The number of nitrogens with one attached hydrogen (secondary N) is 1. The fourth-order valence-corrected chi connectivity index (χ4v) is 6.22. The van der Waals surface area contributed by atoms with Gasteiger partial charge in [0.15, 0.2) is 9.84 Å². The van der Waals surface area contributed by atoms with E-state index in [1.165, 1.54) is 0 Å². The van der Waals surface area contributed by atoms with Gasteiger partial charge in [-0.1, -0.05) is 25.5 Å². The number of hydrogen-bond donors (Lipinski definition) is 1. The highest BCUT2D eigenvalue weighted by atomic mass is 32.2. The Morgan fingerprint density at radius 3 is 2.33 bits per heavy atom.